The Labute approximate surface area is 289 Å². The van der Waals surface area contributed by atoms with Crippen molar-refractivity contribution in [2.45, 2.75) is 176 Å². The molecule has 0 radical (unpaired) electrons. The van der Waals surface area contributed by atoms with Crippen LogP contribution in [-0.4, -0.2) is 19.9 Å². The van der Waals surface area contributed by atoms with Crippen molar-refractivity contribution in [2.24, 2.45) is 0 Å². The van der Waals surface area contributed by atoms with Gasteiger partial charge in [0.15, 0.2) is 0 Å². The van der Waals surface area contributed by atoms with Crippen LogP contribution in [0.15, 0.2) is 48.5 Å². The summed E-state index contributed by atoms with van der Waals surface area (Å²) in [4.78, 5) is 17.1. The highest BCUT2D eigenvalue weighted by Crippen LogP contribution is 2.52. The maximum atomic E-state index is 4.29. The van der Waals surface area contributed by atoms with Crippen LogP contribution in [0.1, 0.15) is 200 Å². The van der Waals surface area contributed by atoms with Gasteiger partial charge < -0.3 is 19.9 Å². The zero-order valence-electron chi connectivity index (χ0n) is 29.6. The van der Waals surface area contributed by atoms with Crippen molar-refractivity contribution < 1.29 is 0 Å². The fraction of sp³-hybridized carbons (Fsp3) is 0.636. The number of nitrogens with one attached hydrogen (secondary N) is 4. The molecule has 4 aliphatic carbocycles. The summed E-state index contributed by atoms with van der Waals surface area (Å²) in [5.41, 5.74) is 11.8. The zero-order valence-corrected chi connectivity index (χ0v) is 29.6. The molecule has 9 rings (SSSR count). The van der Waals surface area contributed by atoms with E-state index in [0.29, 0.717) is 0 Å². The monoisotopic (exact) mass is 644 g/mol. The van der Waals surface area contributed by atoms with Gasteiger partial charge in [-0.15, -0.1) is 0 Å². The quantitative estimate of drug-likeness (QED) is 0.147. The molecule has 4 aromatic heterocycles. The lowest BCUT2D eigenvalue weighted by Gasteiger charge is -2.36. The van der Waals surface area contributed by atoms with Crippen LogP contribution in [0.5, 0.6) is 0 Å². The largest absolute Gasteiger partial charge is 0.361 e. The molecule has 0 unspecified atom stereocenters. The fourth-order valence-corrected chi connectivity index (χ4v) is 11.9. The molecule has 0 saturated heterocycles. The number of hydrogen-bond acceptors (Lipinski definition) is 0. The first-order chi connectivity index (χ1) is 23.7. The van der Waals surface area contributed by atoms with E-state index in [-0.39, 0.29) is 21.7 Å². The van der Waals surface area contributed by atoms with Crippen molar-refractivity contribution in [3.8, 4) is 0 Å². The normalized spacial score (nSPS) is 25.0. The molecular formula is C44H60N4. The van der Waals surface area contributed by atoms with Crippen LogP contribution in [-0.2, 0) is 21.7 Å². The third kappa shape index (κ3) is 4.89. The third-order valence-electron chi connectivity index (χ3n) is 14.7. The molecular weight excluding hydrogens is 585 g/mol. The Morgan fingerprint density at radius 3 is 0.521 bits per heavy atom. The van der Waals surface area contributed by atoms with Crippen LogP contribution >= 0.6 is 0 Å². The predicted octanol–water partition coefficient (Wildman–Crippen LogP) is 11.9. The summed E-state index contributed by atoms with van der Waals surface area (Å²) < 4.78 is 0. The first-order valence-electron chi connectivity index (χ1n) is 20.5. The van der Waals surface area contributed by atoms with Crippen LogP contribution in [0.25, 0.3) is 0 Å². The summed E-state index contributed by atoms with van der Waals surface area (Å²) in [6.45, 7) is 0. The molecule has 5 aliphatic rings. The minimum atomic E-state index is 0.0219. The smallest absolute Gasteiger partial charge is 0.0503 e. The molecule has 48 heavy (non-hydrogen) atoms. The first-order valence-corrected chi connectivity index (χ1v) is 20.5. The second-order valence-corrected chi connectivity index (χ2v) is 17.1. The van der Waals surface area contributed by atoms with Crippen LogP contribution in [0.4, 0.5) is 0 Å². The van der Waals surface area contributed by atoms with Gasteiger partial charge in [0.1, 0.15) is 0 Å². The van der Waals surface area contributed by atoms with Crippen molar-refractivity contribution in [3.05, 3.63) is 94.1 Å². The molecule has 0 amide bonds. The second kappa shape index (κ2) is 12.5. The summed E-state index contributed by atoms with van der Waals surface area (Å²) in [6.07, 6.45) is 31.1. The van der Waals surface area contributed by atoms with Gasteiger partial charge in [0.2, 0.25) is 0 Å². The highest BCUT2D eigenvalue weighted by molar-refractivity contribution is 5.46. The Bertz CT molecular complexity index is 1330. The molecule has 4 nitrogen and oxygen atoms in total. The van der Waals surface area contributed by atoms with Gasteiger partial charge in [-0.3, -0.25) is 0 Å². The van der Waals surface area contributed by atoms with E-state index in [0.717, 1.165) is 0 Å². The summed E-state index contributed by atoms with van der Waals surface area (Å²) in [5.74, 6) is 0. The standard InChI is InChI=1S/C44H60N4/c1-2-10-26-41(25-9-1)33-17-19-35(45-33)42(27-11-3-4-12-28-42)37-21-23-39(47-37)44(31-15-7-8-16-32-44)40-24-22-38(48-40)43(29-13-5-6-14-30-43)36-20-18-34(41)46-36/h17-24,45-48H,1-16,25-32H2. The Morgan fingerprint density at radius 1 is 0.229 bits per heavy atom. The van der Waals surface area contributed by atoms with Gasteiger partial charge in [-0.2, -0.15) is 0 Å². The van der Waals surface area contributed by atoms with E-state index in [1.807, 2.05) is 0 Å². The van der Waals surface area contributed by atoms with Crippen molar-refractivity contribution in [2.75, 3.05) is 0 Å². The van der Waals surface area contributed by atoms with Crippen LogP contribution in [0.2, 0.25) is 0 Å². The fourth-order valence-electron chi connectivity index (χ4n) is 11.9. The van der Waals surface area contributed by atoms with Crippen molar-refractivity contribution >= 4 is 0 Å². The van der Waals surface area contributed by atoms with Crippen LogP contribution in [0.3, 0.4) is 0 Å². The van der Waals surface area contributed by atoms with Gasteiger partial charge in [-0.1, -0.05) is 103 Å². The zero-order chi connectivity index (χ0) is 32.1. The molecule has 0 atom stereocenters. The topological polar surface area (TPSA) is 63.2 Å². The number of fused-ring (bicyclic) bond motifs is 16. The van der Waals surface area contributed by atoms with E-state index in [4.69, 9.17) is 0 Å². The molecule has 4 N–H and O–H groups in total. The summed E-state index contributed by atoms with van der Waals surface area (Å²) in [7, 11) is 0. The average Bonchev–Trinajstić information content (AvgIpc) is 3.88. The third-order valence-corrected chi connectivity index (χ3v) is 14.7. The van der Waals surface area contributed by atoms with Crippen molar-refractivity contribution in [3.63, 3.8) is 0 Å². The number of H-pyrrole nitrogens is 4. The van der Waals surface area contributed by atoms with E-state index in [9.17, 15) is 0 Å². The number of aromatic nitrogens is 4. The Balaban J connectivity index is 1.30. The van der Waals surface area contributed by atoms with Crippen LogP contribution in [0, 0.1) is 0 Å². The van der Waals surface area contributed by atoms with E-state index in [1.54, 1.807) is 0 Å². The van der Waals surface area contributed by atoms with E-state index in [2.05, 4.69) is 68.5 Å². The molecule has 1 aliphatic heterocycles. The summed E-state index contributed by atoms with van der Waals surface area (Å²) >= 11 is 0. The van der Waals surface area contributed by atoms with Gasteiger partial charge in [0, 0.05) is 45.6 Å². The van der Waals surface area contributed by atoms with Gasteiger partial charge in [-0.05, 0) is 99.9 Å². The summed E-state index contributed by atoms with van der Waals surface area (Å²) in [6, 6.07) is 20.2. The number of aromatic amines is 4. The number of rotatable bonds is 0. The van der Waals surface area contributed by atoms with E-state index in [1.165, 1.54) is 200 Å². The van der Waals surface area contributed by atoms with Crippen molar-refractivity contribution in [1.29, 1.82) is 0 Å². The molecule has 4 aromatic rings. The SMILES string of the molecule is c1cc2[nH]c1C1(CCCCCC1)c1ccc([nH]1)C1(CCCCCC1)c1ccc([nH]1)C1(CCCCCC1)c1ccc([nH]1)C21CCCCCC1. The van der Waals surface area contributed by atoms with Gasteiger partial charge in [-0.25, -0.2) is 0 Å². The van der Waals surface area contributed by atoms with Crippen LogP contribution < -0.4 is 0 Å². The lowest BCUT2D eigenvalue weighted by Crippen LogP contribution is -2.33. The first kappa shape index (κ1) is 31.1. The second-order valence-electron chi connectivity index (χ2n) is 17.1. The number of hydrogen-bond donors (Lipinski definition) is 4. The highest BCUT2D eigenvalue weighted by Gasteiger charge is 2.46. The lowest BCUT2D eigenvalue weighted by atomic mass is 9.74. The highest BCUT2D eigenvalue weighted by atomic mass is 14.9. The molecule has 5 heterocycles. The van der Waals surface area contributed by atoms with E-state index < -0.39 is 0 Å². The van der Waals surface area contributed by atoms with Gasteiger partial charge >= 0.3 is 0 Å². The molecule has 4 heteroatoms. The average molecular weight is 645 g/mol. The molecule has 4 saturated carbocycles. The Hall–Kier alpha value is -2.88. The molecule has 4 spiro atoms. The van der Waals surface area contributed by atoms with Crippen molar-refractivity contribution in [1.82, 2.24) is 19.9 Å². The molecule has 4 fully saturated rings. The molecule has 8 bridgehead atoms. The Morgan fingerprint density at radius 2 is 0.375 bits per heavy atom. The van der Waals surface area contributed by atoms with Gasteiger partial charge in [0.05, 0.1) is 21.7 Å². The Kier molecular flexibility index (Phi) is 8.08. The maximum Gasteiger partial charge on any atom is 0.0503 e. The maximum absolute atomic E-state index is 4.29. The molecule has 0 aromatic carbocycles. The summed E-state index contributed by atoms with van der Waals surface area (Å²) in [5, 5.41) is 0. The predicted molar refractivity (Wildman–Crippen MR) is 197 cm³/mol. The van der Waals surface area contributed by atoms with Gasteiger partial charge in [0.25, 0.3) is 0 Å². The minimum absolute atomic E-state index is 0.0219. The molecule has 256 valence electrons. The lowest BCUT2D eigenvalue weighted by molar-refractivity contribution is 0.389. The van der Waals surface area contributed by atoms with E-state index >= 15 is 0 Å². The minimum Gasteiger partial charge on any atom is -0.361 e.